The first-order chi connectivity index (χ1) is 6.42. The summed E-state index contributed by atoms with van der Waals surface area (Å²) in [7, 11) is 1.42. The number of hydrogen-bond acceptors (Lipinski definition) is 1. The van der Waals surface area contributed by atoms with Gasteiger partial charge in [-0.05, 0) is 28.1 Å². The molecule has 0 atom stereocenters. The van der Waals surface area contributed by atoms with Crippen molar-refractivity contribution >= 4 is 22.9 Å². The second-order valence-corrected chi connectivity index (χ2v) is 3.74. The van der Waals surface area contributed by atoms with Crippen LogP contribution in [0.2, 0.25) is 0 Å². The Morgan fingerprint density at radius 1 is 1.36 bits per heavy atom. The predicted octanol–water partition coefficient (Wildman–Crippen LogP) is 3.39. The Kier molecular flexibility index (Phi) is 3.47. The van der Waals surface area contributed by atoms with Gasteiger partial charge in [-0.15, -0.1) is 0 Å². The zero-order valence-corrected chi connectivity index (χ0v) is 9.02. The molecule has 0 aliphatic rings. The Morgan fingerprint density at radius 2 is 2.00 bits per heavy atom. The van der Waals surface area contributed by atoms with E-state index in [0.29, 0.717) is 10.2 Å². The SMILES string of the molecule is COc1cc(C[B-](F)(F)F)ccc1Br. The largest absolute Gasteiger partial charge is 0.496 e. The molecule has 0 fully saturated rings. The molecule has 14 heavy (non-hydrogen) atoms. The van der Waals surface area contributed by atoms with Crippen LogP contribution in [-0.2, 0) is 6.32 Å². The molecule has 1 rings (SSSR count). The van der Waals surface area contributed by atoms with Crippen molar-refractivity contribution in [3.63, 3.8) is 0 Å². The monoisotopic (exact) mass is 267 g/mol. The fourth-order valence-corrected chi connectivity index (χ4v) is 1.51. The molecule has 0 bridgehead atoms. The summed E-state index contributed by atoms with van der Waals surface area (Å²) in [6.07, 6.45) is -0.871. The summed E-state index contributed by atoms with van der Waals surface area (Å²) in [4.78, 5) is 0. The van der Waals surface area contributed by atoms with Gasteiger partial charge in [-0.3, -0.25) is 0 Å². The van der Waals surface area contributed by atoms with E-state index in [9.17, 15) is 12.9 Å². The van der Waals surface area contributed by atoms with E-state index in [0.717, 1.165) is 0 Å². The molecule has 0 aromatic heterocycles. The average molecular weight is 268 g/mol. The number of hydrogen-bond donors (Lipinski definition) is 0. The molecule has 1 aromatic carbocycles. The normalized spacial score (nSPS) is 11.5. The van der Waals surface area contributed by atoms with Crippen molar-refractivity contribution in [1.29, 1.82) is 0 Å². The lowest BCUT2D eigenvalue weighted by Crippen LogP contribution is -2.19. The van der Waals surface area contributed by atoms with Gasteiger partial charge >= 0.3 is 6.98 Å². The smallest absolute Gasteiger partial charge is 0.482 e. The maximum Gasteiger partial charge on any atom is 0.482 e. The molecular weight excluding hydrogens is 260 g/mol. The zero-order valence-electron chi connectivity index (χ0n) is 7.44. The molecule has 6 heteroatoms. The number of halogens is 4. The van der Waals surface area contributed by atoms with Gasteiger partial charge in [-0.2, -0.15) is 0 Å². The molecule has 1 aromatic rings. The molecule has 0 aliphatic heterocycles. The second-order valence-electron chi connectivity index (χ2n) is 2.88. The highest BCUT2D eigenvalue weighted by atomic mass is 79.9. The van der Waals surface area contributed by atoms with Gasteiger partial charge in [0.05, 0.1) is 11.6 Å². The summed E-state index contributed by atoms with van der Waals surface area (Å²) in [5, 5.41) is 0. The number of rotatable bonds is 3. The van der Waals surface area contributed by atoms with E-state index < -0.39 is 13.3 Å². The highest BCUT2D eigenvalue weighted by Gasteiger charge is 2.23. The highest BCUT2D eigenvalue weighted by molar-refractivity contribution is 9.10. The van der Waals surface area contributed by atoms with Crippen LogP contribution in [0.1, 0.15) is 5.56 Å². The molecule has 0 spiro atoms. The predicted molar refractivity (Wildman–Crippen MR) is 53.5 cm³/mol. The maximum absolute atomic E-state index is 12.1. The topological polar surface area (TPSA) is 9.23 Å². The summed E-state index contributed by atoms with van der Waals surface area (Å²) in [6.45, 7) is -4.78. The third-order valence-corrected chi connectivity index (χ3v) is 2.34. The van der Waals surface area contributed by atoms with Crippen LogP contribution in [0, 0.1) is 0 Å². The van der Waals surface area contributed by atoms with E-state index in [-0.39, 0.29) is 5.56 Å². The van der Waals surface area contributed by atoms with Crippen LogP contribution in [0.4, 0.5) is 12.9 Å². The Morgan fingerprint density at radius 3 is 2.50 bits per heavy atom. The summed E-state index contributed by atoms with van der Waals surface area (Å²) < 4.78 is 41.8. The number of benzene rings is 1. The first-order valence-electron chi connectivity index (χ1n) is 3.96. The van der Waals surface area contributed by atoms with Crippen LogP contribution in [-0.4, -0.2) is 14.1 Å². The third-order valence-electron chi connectivity index (χ3n) is 1.68. The first kappa shape index (κ1) is 11.4. The van der Waals surface area contributed by atoms with Crippen LogP contribution in [0.25, 0.3) is 0 Å². The molecule has 0 amide bonds. The minimum Gasteiger partial charge on any atom is -0.496 e. The summed E-state index contributed by atoms with van der Waals surface area (Å²) in [5.41, 5.74) is 0.220. The first-order valence-corrected chi connectivity index (χ1v) is 4.75. The van der Waals surface area contributed by atoms with Gasteiger partial charge in [0.25, 0.3) is 0 Å². The van der Waals surface area contributed by atoms with Crippen molar-refractivity contribution in [3.8, 4) is 5.75 Å². The van der Waals surface area contributed by atoms with Gasteiger partial charge in [-0.1, -0.05) is 17.9 Å². The number of ether oxygens (including phenoxy) is 1. The zero-order chi connectivity index (χ0) is 10.8. The molecular formula is C8H8BBrF3O-. The number of methoxy groups -OCH3 is 1. The summed E-state index contributed by atoms with van der Waals surface area (Å²) in [5.74, 6) is 0.419. The van der Waals surface area contributed by atoms with E-state index in [1.807, 2.05) is 0 Å². The van der Waals surface area contributed by atoms with Gasteiger partial charge in [0.15, 0.2) is 0 Å². The van der Waals surface area contributed by atoms with E-state index in [4.69, 9.17) is 4.74 Å². The van der Waals surface area contributed by atoms with Crippen LogP contribution in [0.15, 0.2) is 22.7 Å². The van der Waals surface area contributed by atoms with E-state index >= 15 is 0 Å². The fourth-order valence-electron chi connectivity index (χ4n) is 1.10. The van der Waals surface area contributed by atoms with Gasteiger partial charge in [0.1, 0.15) is 5.75 Å². The third kappa shape index (κ3) is 3.25. The van der Waals surface area contributed by atoms with Crippen LogP contribution in [0.3, 0.4) is 0 Å². The summed E-state index contributed by atoms with van der Waals surface area (Å²) >= 11 is 3.17. The van der Waals surface area contributed by atoms with Gasteiger partial charge in [0, 0.05) is 0 Å². The Labute approximate surface area is 88.4 Å². The van der Waals surface area contributed by atoms with E-state index in [1.54, 1.807) is 6.07 Å². The maximum atomic E-state index is 12.1. The molecule has 0 unspecified atom stereocenters. The van der Waals surface area contributed by atoms with Crippen LogP contribution in [0.5, 0.6) is 5.75 Å². The van der Waals surface area contributed by atoms with Crippen molar-refractivity contribution in [2.24, 2.45) is 0 Å². The quantitative estimate of drug-likeness (QED) is 0.763. The van der Waals surface area contributed by atoms with E-state index in [2.05, 4.69) is 15.9 Å². The van der Waals surface area contributed by atoms with Crippen LogP contribution >= 0.6 is 15.9 Å². The van der Waals surface area contributed by atoms with Gasteiger partial charge < -0.3 is 17.7 Å². The van der Waals surface area contributed by atoms with Crippen molar-refractivity contribution in [2.45, 2.75) is 6.32 Å². The standard InChI is InChI=1S/C8H8BBrF3O/c1-14-8-4-6(2-3-7(8)10)5-9(11,12)13/h2-4H,5H2,1H3/q-1. The Bertz CT molecular complexity index is 327. The minimum absolute atomic E-state index is 0.220. The van der Waals surface area contributed by atoms with Crippen molar-refractivity contribution in [3.05, 3.63) is 28.2 Å². The van der Waals surface area contributed by atoms with Crippen molar-refractivity contribution < 1.29 is 17.7 Å². The fraction of sp³-hybridized carbons (Fsp3) is 0.250. The van der Waals surface area contributed by atoms with Crippen molar-refractivity contribution in [1.82, 2.24) is 0 Å². The molecule has 1 nitrogen and oxygen atoms in total. The molecule has 0 saturated heterocycles. The van der Waals surface area contributed by atoms with Crippen molar-refractivity contribution in [2.75, 3.05) is 7.11 Å². The van der Waals surface area contributed by atoms with Crippen LogP contribution < -0.4 is 4.74 Å². The summed E-state index contributed by atoms with van der Waals surface area (Å²) in [6, 6.07) is 4.37. The molecule has 0 heterocycles. The highest BCUT2D eigenvalue weighted by Crippen LogP contribution is 2.27. The lowest BCUT2D eigenvalue weighted by atomic mass is 9.82. The van der Waals surface area contributed by atoms with E-state index in [1.165, 1.54) is 19.2 Å². The Balaban J connectivity index is 2.90. The lowest BCUT2D eigenvalue weighted by Gasteiger charge is -2.14. The Hall–Kier alpha value is -0.645. The minimum atomic E-state index is -4.78. The molecule has 78 valence electrons. The molecule has 0 radical (unpaired) electrons. The van der Waals surface area contributed by atoms with Gasteiger partial charge in [-0.25, -0.2) is 0 Å². The average Bonchev–Trinajstić information content (AvgIpc) is 2.06. The second kappa shape index (κ2) is 4.25. The molecule has 0 saturated carbocycles. The lowest BCUT2D eigenvalue weighted by molar-refractivity contribution is 0.411. The molecule has 0 aliphatic carbocycles. The molecule has 0 N–H and O–H groups in total. The van der Waals surface area contributed by atoms with Gasteiger partial charge in [0.2, 0.25) is 0 Å².